The van der Waals surface area contributed by atoms with Crippen LogP contribution in [0.25, 0.3) is 0 Å². The fourth-order valence-electron chi connectivity index (χ4n) is 1.87. The monoisotopic (exact) mass is 319 g/mol. The minimum Gasteiger partial charge on any atom is -0.347 e. The van der Waals surface area contributed by atoms with Crippen molar-refractivity contribution in [1.29, 1.82) is 0 Å². The number of benzene rings is 1. The Morgan fingerprint density at radius 2 is 2.18 bits per heavy atom. The molecule has 0 bridgehead atoms. The van der Waals surface area contributed by atoms with Crippen molar-refractivity contribution in [2.24, 2.45) is 0 Å². The molecule has 1 fully saturated rings. The number of hydrogen-bond acceptors (Lipinski definition) is 1. The van der Waals surface area contributed by atoms with Crippen molar-refractivity contribution >= 4 is 33.4 Å². The number of hydrogen-bond donors (Lipinski definition) is 1. The number of halogens is 3. The molecule has 1 aliphatic carbocycles. The average molecular weight is 321 g/mol. The van der Waals surface area contributed by atoms with Gasteiger partial charge in [0.05, 0.1) is 10.6 Å². The highest BCUT2D eigenvalue weighted by molar-refractivity contribution is 9.10. The Balaban J connectivity index is 2.22. The van der Waals surface area contributed by atoms with E-state index in [9.17, 15) is 9.18 Å². The number of carbonyl (C=O) groups excluding carboxylic acids is 1. The van der Waals surface area contributed by atoms with Crippen LogP contribution in [0.4, 0.5) is 4.39 Å². The van der Waals surface area contributed by atoms with Gasteiger partial charge in [0.15, 0.2) is 0 Å². The first-order valence-electron chi connectivity index (χ1n) is 5.38. The molecule has 5 heteroatoms. The molecule has 0 atom stereocenters. The molecule has 0 spiro atoms. The Kier molecular flexibility index (Phi) is 3.46. The molecule has 0 unspecified atom stereocenters. The molecular formula is C12H12BrClFNO. The van der Waals surface area contributed by atoms with E-state index in [1.54, 1.807) is 0 Å². The van der Waals surface area contributed by atoms with Gasteiger partial charge in [-0.3, -0.25) is 4.79 Å². The minimum atomic E-state index is -0.598. The maximum atomic E-state index is 13.6. The van der Waals surface area contributed by atoms with Crippen LogP contribution >= 0.6 is 27.5 Å². The lowest BCUT2D eigenvalue weighted by Crippen LogP contribution is -2.51. The van der Waals surface area contributed by atoms with Crippen molar-refractivity contribution < 1.29 is 9.18 Å². The Hall–Kier alpha value is -0.610. The molecule has 0 heterocycles. The van der Waals surface area contributed by atoms with Crippen molar-refractivity contribution in [2.45, 2.75) is 31.7 Å². The van der Waals surface area contributed by atoms with E-state index >= 15 is 0 Å². The fraction of sp³-hybridized carbons (Fsp3) is 0.417. The van der Waals surface area contributed by atoms with E-state index in [0.717, 1.165) is 25.3 Å². The average Bonchev–Trinajstić information content (AvgIpc) is 2.21. The summed E-state index contributed by atoms with van der Waals surface area (Å²) in [7, 11) is 0. The van der Waals surface area contributed by atoms with E-state index in [1.807, 2.05) is 6.92 Å². The van der Waals surface area contributed by atoms with Gasteiger partial charge in [0.1, 0.15) is 5.82 Å². The standard InChI is InChI=1S/C12H12BrClFNO/c1-12(3-2-4-12)16-11(17)7-5-8(13)9(14)6-10(7)15/h5-6H,2-4H2,1H3,(H,16,17). The van der Waals surface area contributed by atoms with Crippen LogP contribution in [0.5, 0.6) is 0 Å². The third kappa shape index (κ3) is 2.63. The first-order valence-corrected chi connectivity index (χ1v) is 6.55. The Morgan fingerprint density at radius 1 is 1.53 bits per heavy atom. The summed E-state index contributed by atoms with van der Waals surface area (Å²) in [6, 6.07) is 2.55. The lowest BCUT2D eigenvalue weighted by molar-refractivity contribution is 0.0846. The maximum absolute atomic E-state index is 13.6. The van der Waals surface area contributed by atoms with Crippen molar-refractivity contribution in [3.63, 3.8) is 0 Å². The SMILES string of the molecule is CC1(NC(=O)c2cc(Br)c(Cl)cc2F)CCC1. The second-order valence-corrected chi connectivity index (χ2v) is 5.88. The largest absolute Gasteiger partial charge is 0.347 e. The van der Waals surface area contributed by atoms with E-state index in [1.165, 1.54) is 6.07 Å². The Labute approximate surface area is 113 Å². The zero-order chi connectivity index (χ0) is 12.6. The smallest absolute Gasteiger partial charge is 0.254 e. The maximum Gasteiger partial charge on any atom is 0.254 e. The van der Waals surface area contributed by atoms with Gasteiger partial charge in [0.2, 0.25) is 0 Å². The van der Waals surface area contributed by atoms with Crippen LogP contribution in [0.2, 0.25) is 5.02 Å². The highest BCUT2D eigenvalue weighted by atomic mass is 79.9. The summed E-state index contributed by atoms with van der Waals surface area (Å²) < 4.78 is 14.1. The van der Waals surface area contributed by atoms with Gasteiger partial charge in [-0.2, -0.15) is 0 Å². The lowest BCUT2D eigenvalue weighted by atomic mass is 9.78. The topological polar surface area (TPSA) is 29.1 Å². The molecule has 1 aliphatic rings. The van der Waals surface area contributed by atoms with Crippen molar-refractivity contribution in [1.82, 2.24) is 5.32 Å². The number of amides is 1. The van der Waals surface area contributed by atoms with Gasteiger partial charge in [0, 0.05) is 10.0 Å². The lowest BCUT2D eigenvalue weighted by Gasteiger charge is -2.39. The number of carbonyl (C=O) groups is 1. The normalized spacial score (nSPS) is 17.4. The summed E-state index contributed by atoms with van der Waals surface area (Å²) in [5, 5.41) is 3.11. The van der Waals surface area contributed by atoms with E-state index in [0.29, 0.717) is 4.47 Å². The van der Waals surface area contributed by atoms with Gasteiger partial charge in [0.25, 0.3) is 5.91 Å². The molecule has 1 N–H and O–H groups in total. The zero-order valence-electron chi connectivity index (χ0n) is 9.32. The van der Waals surface area contributed by atoms with E-state index in [-0.39, 0.29) is 22.0 Å². The van der Waals surface area contributed by atoms with E-state index in [2.05, 4.69) is 21.2 Å². The molecule has 0 radical (unpaired) electrons. The Bertz CT molecular complexity index is 474. The molecule has 2 nitrogen and oxygen atoms in total. The van der Waals surface area contributed by atoms with Crippen molar-refractivity contribution in [3.8, 4) is 0 Å². The van der Waals surface area contributed by atoms with Crippen molar-refractivity contribution in [2.75, 3.05) is 0 Å². The van der Waals surface area contributed by atoms with Crippen molar-refractivity contribution in [3.05, 3.63) is 33.0 Å². The predicted octanol–water partition coefficient (Wildman–Crippen LogP) is 3.91. The molecule has 1 aromatic rings. The summed E-state index contributed by atoms with van der Waals surface area (Å²) >= 11 is 8.92. The predicted molar refractivity (Wildman–Crippen MR) is 68.8 cm³/mol. The zero-order valence-corrected chi connectivity index (χ0v) is 11.7. The minimum absolute atomic E-state index is 0.0226. The second-order valence-electron chi connectivity index (χ2n) is 4.61. The van der Waals surface area contributed by atoms with Gasteiger partial charge in [-0.05, 0) is 54.2 Å². The number of nitrogens with one attached hydrogen (secondary N) is 1. The molecule has 92 valence electrons. The summed E-state index contributed by atoms with van der Waals surface area (Å²) in [5.41, 5.74) is -0.162. The molecule has 0 aliphatic heterocycles. The van der Waals surface area contributed by atoms with E-state index < -0.39 is 5.82 Å². The third-order valence-corrected chi connectivity index (χ3v) is 4.32. The number of rotatable bonds is 2. The van der Waals surface area contributed by atoms with Crippen LogP contribution in [0, 0.1) is 5.82 Å². The molecule has 1 saturated carbocycles. The molecule has 0 saturated heterocycles. The van der Waals surface area contributed by atoms with Gasteiger partial charge in [-0.1, -0.05) is 11.6 Å². The van der Waals surface area contributed by atoms with Gasteiger partial charge >= 0.3 is 0 Å². The first-order chi connectivity index (χ1) is 7.91. The summed E-state index contributed by atoms with van der Waals surface area (Å²) in [5.74, 6) is -0.985. The first kappa shape index (κ1) is 12.8. The third-order valence-electron chi connectivity index (χ3n) is 3.13. The van der Waals surface area contributed by atoms with Gasteiger partial charge in [-0.25, -0.2) is 4.39 Å². The van der Waals surface area contributed by atoms with Gasteiger partial charge in [-0.15, -0.1) is 0 Å². The van der Waals surface area contributed by atoms with Crippen LogP contribution in [0.3, 0.4) is 0 Å². The Morgan fingerprint density at radius 3 is 2.71 bits per heavy atom. The molecule has 1 amide bonds. The van der Waals surface area contributed by atoms with Crippen LogP contribution in [-0.2, 0) is 0 Å². The van der Waals surface area contributed by atoms with Crippen LogP contribution < -0.4 is 5.32 Å². The molecule has 17 heavy (non-hydrogen) atoms. The van der Waals surface area contributed by atoms with Crippen LogP contribution in [-0.4, -0.2) is 11.4 Å². The fourth-order valence-corrected chi connectivity index (χ4v) is 2.36. The molecule has 2 rings (SSSR count). The summed E-state index contributed by atoms with van der Waals surface area (Å²) in [6.07, 6.45) is 2.98. The molecular weight excluding hydrogens is 308 g/mol. The second kappa shape index (κ2) is 4.58. The highest BCUT2D eigenvalue weighted by Gasteiger charge is 2.34. The molecule has 0 aromatic heterocycles. The summed E-state index contributed by atoms with van der Waals surface area (Å²) in [4.78, 5) is 11.9. The van der Waals surface area contributed by atoms with Crippen LogP contribution in [0.1, 0.15) is 36.5 Å². The highest BCUT2D eigenvalue weighted by Crippen LogP contribution is 2.32. The summed E-state index contributed by atoms with van der Waals surface area (Å²) in [6.45, 7) is 1.97. The van der Waals surface area contributed by atoms with Crippen LogP contribution in [0.15, 0.2) is 16.6 Å². The molecule has 1 aromatic carbocycles. The van der Waals surface area contributed by atoms with E-state index in [4.69, 9.17) is 11.6 Å². The quantitative estimate of drug-likeness (QED) is 0.822. The van der Waals surface area contributed by atoms with Gasteiger partial charge < -0.3 is 5.32 Å².